The Hall–Kier alpha value is -3.29. The molecule has 0 atom stereocenters. The maximum atomic E-state index is 13.0. The highest BCUT2D eigenvalue weighted by atomic mass is 19.4. The van der Waals surface area contributed by atoms with Crippen molar-refractivity contribution in [3.63, 3.8) is 0 Å². The number of nitrogen functional groups attached to an aromatic ring is 2. The van der Waals surface area contributed by atoms with Crippen LogP contribution in [-0.4, -0.2) is 15.1 Å². The summed E-state index contributed by atoms with van der Waals surface area (Å²) < 4.78 is 39.0. The average Bonchev–Trinajstić information content (AvgIpc) is 2.53. The van der Waals surface area contributed by atoms with E-state index in [0.717, 1.165) is 12.1 Å². The SMILES string of the molecule is Nc1nc(N)c(-c2cccc(O)c2)c(-c2cccc(C(F)(F)F)c2)n1. The monoisotopic (exact) mass is 346 g/mol. The number of nitrogens with two attached hydrogens (primary N) is 2. The molecule has 0 saturated heterocycles. The van der Waals surface area contributed by atoms with Gasteiger partial charge in [0.15, 0.2) is 0 Å². The maximum absolute atomic E-state index is 13.0. The van der Waals surface area contributed by atoms with E-state index in [1.165, 1.54) is 24.3 Å². The Kier molecular flexibility index (Phi) is 3.96. The average molecular weight is 346 g/mol. The van der Waals surface area contributed by atoms with Crippen LogP contribution in [0.15, 0.2) is 48.5 Å². The van der Waals surface area contributed by atoms with Gasteiger partial charge in [0, 0.05) is 5.56 Å². The molecule has 0 aliphatic carbocycles. The van der Waals surface area contributed by atoms with Crippen molar-refractivity contribution in [1.82, 2.24) is 9.97 Å². The number of aromatic hydroxyl groups is 1. The first-order chi connectivity index (χ1) is 11.8. The van der Waals surface area contributed by atoms with Crippen molar-refractivity contribution >= 4 is 11.8 Å². The Balaban J connectivity index is 2.27. The van der Waals surface area contributed by atoms with Crippen LogP contribution in [0, 0.1) is 0 Å². The van der Waals surface area contributed by atoms with Crippen LogP contribution in [0.5, 0.6) is 5.75 Å². The minimum absolute atomic E-state index is 0.00510. The van der Waals surface area contributed by atoms with E-state index in [9.17, 15) is 18.3 Å². The van der Waals surface area contributed by atoms with Crippen LogP contribution in [-0.2, 0) is 6.18 Å². The van der Waals surface area contributed by atoms with Gasteiger partial charge in [-0.05, 0) is 29.8 Å². The van der Waals surface area contributed by atoms with Gasteiger partial charge in [-0.3, -0.25) is 0 Å². The second kappa shape index (κ2) is 5.97. The molecule has 0 amide bonds. The number of phenols is 1. The molecule has 5 N–H and O–H groups in total. The second-order valence-corrected chi connectivity index (χ2v) is 5.32. The van der Waals surface area contributed by atoms with Crippen molar-refractivity contribution in [3.8, 4) is 28.1 Å². The van der Waals surface area contributed by atoms with Gasteiger partial charge in [0.25, 0.3) is 0 Å². The number of hydrogen-bond acceptors (Lipinski definition) is 5. The maximum Gasteiger partial charge on any atom is 0.416 e. The molecule has 0 aliphatic heterocycles. The molecule has 1 heterocycles. The molecule has 8 heteroatoms. The summed E-state index contributed by atoms with van der Waals surface area (Å²) in [5, 5.41) is 9.68. The summed E-state index contributed by atoms with van der Waals surface area (Å²) >= 11 is 0. The summed E-state index contributed by atoms with van der Waals surface area (Å²) in [4.78, 5) is 7.95. The zero-order chi connectivity index (χ0) is 18.2. The van der Waals surface area contributed by atoms with Crippen LogP contribution in [0.25, 0.3) is 22.4 Å². The molecule has 128 valence electrons. The van der Waals surface area contributed by atoms with Crippen LogP contribution < -0.4 is 11.5 Å². The van der Waals surface area contributed by atoms with E-state index in [4.69, 9.17) is 11.5 Å². The molecule has 1 aromatic heterocycles. The zero-order valence-electron chi connectivity index (χ0n) is 12.7. The van der Waals surface area contributed by atoms with Crippen LogP contribution in [0.4, 0.5) is 24.9 Å². The number of nitrogens with zero attached hydrogens (tertiary/aromatic N) is 2. The lowest BCUT2D eigenvalue weighted by atomic mass is 9.98. The summed E-state index contributed by atoms with van der Waals surface area (Å²) in [5.74, 6) is -0.178. The minimum atomic E-state index is -4.49. The number of phenolic OH excluding ortho intramolecular Hbond substituents is 1. The Labute approximate surface area is 140 Å². The van der Waals surface area contributed by atoms with E-state index in [0.29, 0.717) is 11.1 Å². The molecule has 3 rings (SSSR count). The van der Waals surface area contributed by atoms with Gasteiger partial charge >= 0.3 is 6.18 Å². The van der Waals surface area contributed by atoms with Crippen molar-refractivity contribution in [3.05, 3.63) is 54.1 Å². The Morgan fingerprint density at radius 2 is 1.56 bits per heavy atom. The fourth-order valence-electron chi connectivity index (χ4n) is 2.49. The largest absolute Gasteiger partial charge is 0.508 e. The van der Waals surface area contributed by atoms with E-state index in [1.54, 1.807) is 12.1 Å². The number of aromatic nitrogens is 2. The molecule has 0 bridgehead atoms. The van der Waals surface area contributed by atoms with Crippen molar-refractivity contribution in [2.75, 3.05) is 11.5 Å². The normalized spacial score (nSPS) is 11.5. The summed E-state index contributed by atoms with van der Waals surface area (Å²) in [6.07, 6.45) is -4.49. The lowest BCUT2D eigenvalue weighted by Gasteiger charge is -2.14. The molecule has 3 aromatic rings. The van der Waals surface area contributed by atoms with Gasteiger partial charge in [-0.15, -0.1) is 0 Å². The van der Waals surface area contributed by atoms with Crippen molar-refractivity contribution in [1.29, 1.82) is 0 Å². The molecular weight excluding hydrogens is 333 g/mol. The number of alkyl halides is 3. The molecular formula is C17H13F3N4O. The van der Waals surface area contributed by atoms with E-state index < -0.39 is 11.7 Å². The molecule has 0 unspecified atom stereocenters. The quantitative estimate of drug-likeness (QED) is 0.657. The zero-order valence-corrected chi connectivity index (χ0v) is 12.7. The fourth-order valence-corrected chi connectivity index (χ4v) is 2.49. The van der Waals surface area contributed by atoms with Gasteiger partial charge in [0.2, 0.25) is 5.95 Å². The first-order valence-corrected chi connectivity index (χ1v) is 7.16. The highest BCUT2D eigenvalue weighted by Crippen LogP contribution is 2.38. The molecule has 5 nitrogen and oxygen atoms in total. The molecule has 25 heavy (non-hydrogen) atoms. The highest BCUT2D eigenvalue weighted by molar-refractivity contribution is 5.88. The van der Waals surface area contributed by atoms with Gasteiger partial charge in [-0.2, -0.15) is 18.2 Å². The molecule has 0 aliphatic rings. The summed E-state index contributed by atoms with van der Waals surface area (Å²) in [6.45, 7) is 0. The van der Waals surface area contributed by atoms with Gasteiger partial charge in [0.1, 0.15) is 11.6 Å². The first-order valence-electron chi connectivity index (χ1n) is 7.16. The van der Waals surface area contributed by atoms with Crippen LogP contribution in [0.3, 0.4) is 0 Å². The molecule has 0 fully saturated rings. The smallest absolute Gasteiger partial charge is 0.416 e. The summed E-state index contributed by atoms with van der Waals surface area (Å²) in [6, 6.07) is 10.8. The third-order valence-electron chi connectivity index (χ3n) is 3.55. The standard InChI is InChI=1S/C17H13F3N4O/c18-17(19,20)11-5-1-4-10(7-11)14-13(15(21)24-16(22)23-14)9-3-2-6-12(25)8-9/h1-8,25H,(H4,21,22,23,24). The van der Waals surface area contributed by atoms with Crippen molar-refractivity contribution in [2.45, 2.75) is 6.18 Å². The van der Waals surface area contributed by atoms with E-state index >= 15 is 0 Å². The first kappa shape index (κ1) is 16.6. The third-order valence-corrected chi connectivity index (χ3v) is 3.55. The lowest BCUT2D eigenvalue weighted by Crippen LogP contribution is -2.07. The number of rotatable bonds is 2. The van der Waals surface area contributed by atoms with Gasteiger partial charge in [-0.25, -0.2) is 4.98 Å². The Morgan fingerprint density at radius 1 is 0.880 bits per heavy atom. The molecule has 0 saturated carbocycles. The number of benzene rings is 2. The van der Waals surface area contributed by atoms with Crippen molar-refractivity contribution < 1.29 is 18.3 Å². The minimum Gasteiger partial charge on any atom is -0.508 e. The number of hydrogen-bond donors (Lipinski definition) is 3. The summed E-state index contributed by atoms with van der Waals surface area (Å²) in [7, 11) is 0. The van der Waals surface area contributed by atoms with E-state index in [-0.39, 0.29) is 28.8 Å². The predicted molar refractivity (Wildman–Crippen MR) is 88.4 cm³/mol. The third kappa shape index (κ3) is 3.32. The molecule has 0 spiro atoms. The van der Waals surface area contributed by atoms with Crippen molar-refractivity contribution in [2.24, 2.45) is 0 Å². The fraction of sp³-hybridized carbons (Fsp3) is 0.0588. The van der Waals surface area contributed by atoms with Gasteiger partial charge < -0.3 is 16.6 Å². The lowest BCUT2D eigenvalue weighted by molar-refractivity contribution is -0.137. The number of halogens is 3. The van der Waals surface area contributed by atoms with E-state index in [1.807, 2.05) is 0 Å². The van der Waals surface area contributed by atoms with Gasteiger partial charge in [-0.1, -0.05) is 24.3 Å². The molecule has 2 aromatic carbocycles. The van der Waals surface area contributed by atoms with Crippen LogP contribution in [0.2, 0.25) is 0 Å². The topological polar surface area (TPSA) is 98.0 Å². The Morgan fingerprint density at radius 3 is 2.24 bits per heavy atom. The molecule has 0 radical (unpaired) electrons. The van der Waals surface area contributed by atoms with Gasteiger partial charge in [0.05, 0.1) is 16.8 Å². The highest BCUT2D eigenvalue weighted by Gasteiger charge is 2.31. The number of anilines is 2. The van der Waals surface area contributed by atoms with E-state index in [2.05, 4.69) is 9.97 Å². The predicted octanol–water partition coefficient (Wildman–Crippen LogP) is 3.70. The van der Waals surface area contributed by atoms with Crippen LogP contribution in [0.1, 0.15) is 5.56 Å². The second-order valence-electron chi connectivity index (χ2n) is 5.32. The summed E-state index contributed by atoms with van der Waals surface area (Å²) in [5.41, 5.74) is 11.8. The Bertz CT molecular complexity index is 941. The van der Waals surface area contributed by atoms with Crippen LogP contribution >= 0.6 is 0 Å².